The lowest BCUT2D eigenvalue weighted by Gasteiger charge is -2.08. The molecular weight excluding hydrogens is 255 g/mol. The van der Waals surface area contributed by atoms with Crippen LogP contribution in [0.1, 0.15) is 11.1 Å². The standard InChI is InChI=1S/C13H12Cl2N2/c1-7-3-8(2)5-9(4-7)12-10(14)6-11(15)13(16)17-12/h3-6H,1-2H3,(H2,16,17). The molecule has 0 saturated carbocycles. The maximum atomic E-state index is 6.14. The molecule has 0 amide bonds. The summed E-state index contributed by atoms with van der Waals surface area (Å²) in [5.41, 5.74) is 9.64. The number of nitrogens with two attached hydrogens (primary N) is 1. The molecule has 0 bridgehead atoms. The zero-order chi connectivity index (χ0) is 12.6. The second-order valence-corrected chi connectivity index (χ2v) is 4.88. The molecule has 0 fully saturated rings. The molecular formula is C13H12Cl2N2. The molecule has 1 aromatic carbocycles. The Morgan fingerprint density at radius 2 is 1.53 bits per heavy atom. The lowest BCUT2D eigenvalue weighted by atomic mass is 10.0. The minimum atomic E-state index is 0.297. The van der Waals surface area contributed by atoms with Gasteiger partial charge in [-0.2, -0.15) is 0 Å². The van der Waals surface area contributed by atoms with Crippen molar-refractivity contribution < 1.29 is 0 Å². The van der Waals surface area contributed by atoms with Gasteiger partial charge in [0.25, 0.3) is 0 Å². The summed E-state index contributed by atoms with van der Waals surface area (Å²) in [6.45, 7) is 4.06. The van der Waals surface area contributed by atoms with Gasteiger partial charge in [0.05, 0.1) is 15.7 Å². The SMILES string of the molecule is Cc1cc(C)cc(-c2nc(N)c(Cl)cc2Cl)c1. The van der Waals surface area contributed by atoms with Crippen molar-refractivity contribution in [2.75, 3.05) is 5.73 Å². The van der Waals surface area contributed by atoms with Gasteiger partial charge in [-0.05, 0) is 32.0 Å². The Labute approximate surface area is 110 Å². The monoisotopic (exact) mass is 266 g/mol. The van der Waals surface area contributed by atoms with E-state index in [2.05, 4.69) is 11.1 Å². The molecule has 2 N–H and O–H groups in total. The summed E-state index contributed by atoms with van der Waals surface area (Å²) in [4.78, 5) is 4.24. The number of pyridine rings is 1. The van der Waals surface area contributed by atoms with E-state index in [0.29, 0.717) is 21.6 Å². The molecule has 2 nitrogen and oxygen atoms in total. The fourth-order valence-electron chi connectivity index (χ4n) is 1.79. The average molecular weight is 267 g/mol. The molecule has 0 aliphatic heterocycles. The Morgan fingerprint density at radius 1 is 0.941 bits per heavy atom. The van der Waals surface area contributed by atoms with Gasteiger partial charge in [-0.25, -0.2) is 4.98 Å². The molecule has 17 heavy (non-hydrogen) atoms. The second-order valence-electron chi connectivity index (χ2n) is 4.06. The van der Waals surface area contributed by atoms with Gasteiger partial charge in [-0.15, -0.1) is 0 Å². The van der Waals surface area contributed by atoms with Gasteiger partial charge in [-0.3, -0.25) is 0 Å². The van der Waals surface area contributed by atoms with E-state index in [0.717, 1.165) is 16.7 Å². The van der Waals surface area contributed by atoms with Crippen LogP contribution in [0.2, 0.25) is 10.0 Å². The Balaban J connectivity index is 2.64. The zero-order valence-electron chi connectivity index (χ0n) is 9.59. The Hall–Kier alpha value is -1.25. The molecule has 1 aromatic heterocycles. The first-order valence-electron chi connectivity index (χ1n) is 5.17. The number of halogens is 2. The predicted octanol–water partition coefficient (Wildman–Crippen LogP) is 4.25. The van der Waals surface area contributed by atoms with E-state index < -0.39 is 0 Å². The minimum Gasteiger partial charge on any atom is -0.382 e. The predicted molar refractivity (Wildman–Crippen MR) is 73.6 cm³/mol. The van der Waals surface area contributed by atoms with Gasteiger partial charge in [0.15, 0.2) is 0 Å². The molecule has 0 saturated heterocycles. The highest BCUT2D eigenvalue weighted by atomic mass is 35.5. The normalized spacial score (nSPS) is 10.6. The second kappa shape index (κ2) is 4.55. The molecule has 0 aliphatic rings. The highest BCUT2D eigenvalue weighted by molar-refractivity contribution is 6.37. The third-order valence-electron chi connectivity index (χ3n) is 2.45. The van der Waals surface area contributed by atoms with E-state index in [4.69, 9.17) is 28.9 Å². The van der Waals surface area contributed by atoms with Crippen LogP contribution >= 0.6 is 23.2 Å². The van der Waals surface area contributed by atoms with Crippen LogP contribution in [0.4, 0.5) is 5.82 Å². The molecule has 1 heterocycles. The summed E-state index contributed by atoms with van der Waals surface area (Å²) in [5, 5.41) is 0.886. The van der Waals surface area contributed by atoms with Crippen molar-refractivity contribution >= 4 is 29.0 Å². The van der Waals surface area contributed by atoms with Crippen molar-refractivity contribution in [1.82, 2.24) is 4.98 Å². The van der Waals surface area contributed by atoms with Gasteiger partial charge in [-0.1, -0.05) is 40.4 Å². The van der Waals surface area contributed by atoms with E-state index in [-0.39, 0.29) is 0 Å². The van der Waals surface area contributed by atoms with Crippen LogP contribution in [0.15, 0.2) is 24.3 Å². The molecule has 88 valence electrons. The van der Waals surface area contributed by atoms with E-state index >= 15 is 0 Å². The van der Waals surface area contributed by atoms with Crippen molar-refractivity contribution in [3.63, 3.8) is 0 Å². The van der Waals surface area contributed by atoms with Crippen LogP contribution in [0, 0.1) is 13.8 Å². The third-order valence-corrected chi connectivity index (χ3v) is 3.04. The largest absolute Gasteiger partial charge is 0.382 e. The number of nitrogen functional groups attached to an aromatic ring is 1. The van der Waals surface area contributed by atoms with Crippen LogP contribution in [-0.2, 0) is 0 Å². The summed E-state index contributed by atoms with van der Waals surface area (Å²) in [7, 11) is 0. The molecule has 2 rings (SSSR count). The quantitative estimate of drug-likeness (QED) is 0.838. The number of rotatable bonds is 1. The van der Waals surface area contributed by atoms with Crippen LogP contribution < -0.4 is 5.73 Å². The van der Waals surface area contributed by atoms with Crippen molar-refractivity contribution in [1.29, 1.82) is 0 Å². The summed E-state index contributed by atoms with van der Waals surface area (Å²) >= 11 is 12.0. The number of anilines is 1. The Kier molecular flexibility index (Phi) is 3.27. The first-order chi connectivity index (χ1) is 7.97. The van der Waals surface area contributed by atoms with Gasteiger partial charge in [0.1, 0.15) is 5.82 Å². The number of hydrogen-bond donors (Lipinski definition) is 1. The van der Waals surface area contributed by atoms with Crippen molar-refractivity contribution in [3.05, 3.63) is 45.4 Å². The number of hydrogen-bond acceptors (Lipinski definition) is 2. The maximum absolute atomic E-state index is 6.14. The van der Waals surface area contributed by atoms with Crippen LogP contribution in [0.25, 0.3) is 11.3 Å². The van der Waals surface area contributed by atoms with Gasteiger partial charge >= 0.3 is 0 Å². The van der Waals surface area contributed by atoms with Crippen LogP contribution in [0.3, 0.4) is 0 Å². The van der Waals surface area contributed by atoms with Gasteiger partial charge < -0.3 is 5.73 Å². The zero-order valence-corrected chi connectivity index (χ0v) is 11.1. The molecule has 2 aromatic rings. The lowest BCUT2D eigenvalue weighted by Crippen LogP contribution is -1.95. The molecule has 4 heteroatoms. The number of aryl methyl sites for hydroxylation is 2. The summed E-state index contributed by atoms with van der Waals surface area (Å²) in [6.07, 6.45) is 0. The maximum Gasteiger partial charge on any atom is 0.143 e. The van der Waals surface area contributed by atoms with Gasteiger partial charge in [0, 0.05) is 5.56 Å². The molecule has 0 unspecified atom stereocenters. The highest BCUT2D eigenvalue weighted by Crippen LogP contribution is 2.31. The Bertz CT molecular complexity index is 560. The smallest absolute Gasteiger partial charge is 0.143 e. The average Bonchev–Trinajstić information content (AvgIpc) is 2.22. The van der Waals surface area contributed by atoms with Gasteiger partial charge in [0.2, 0.25) is 0 Å². The van der Waals surface area contributed by atoms with E-state index in [1.165, 1.54) is 0 Å². The summed E-state index contributed by atoms with van der Waals surface area (Å²) in [5.74, 6) is 0.297. The first-order valence-corrected chi connectivity index (χ1v) is 5.93. The number of nitrogens with zero attached hydrogens (tertiary/aromatic N) is 1. The van der Waals surface area contributed by atoms with Crippen LogP contribution in [0.5, 0.6) is 0 Å². The van der Waals surface area contributed by atoms with Crippen LogP contribution in [-0.4, -0.2) is 4.98 Å². The lowest BCUT2D eigenvalue weighted by molar-refractivity contribution is 1.31. The van der Waals surface area contributed by atoms with E-state index in [9.17, 15) is 0 Å². The van der Waals surface area contributed by atoms with Crippen molar-refractivity contribution in [3.8, 4) is 11.3 Å². The van der Waals surface area contributed by atoms with Crippen molar-refractivity contribution in [2.24, 2.45) is 0 Å². The van der Waals surface area contributed by atoms with E-state index in [1.807, 2.05) is 26.0 Å². The number of aromatic nitrogens is 1. The summed E-state index contributed by atoms with van der Waals surface area (Å²) in [6, 6.07) is 7.76. The molecule has 0 radical (unpaired) electrons. The topological polar surface area (TPSA) is 38.9 Å². The fourth-order valence-corrected chi connectivity index (χ4v) is 2.26. The highest BCUT2D eigenvalue weighted by Gasteiger charge is 2.10. The third kappa shape index (κ3) is 2.54. The first kappa shape index (κ1) is 12.2. The molecule has 0 spiro atoms. The minimum absolute atomic E-state index is 0.297. The molecule has 0 aliphatic carbocycles. The number of benzene rings is 1. The van der Waals surface area contributed by atoms with Crippen molar-refractivity contribution in [2.45, 2.75) is 13.8 Å². The fraction of sp³-hybridized carbons (Fsp3) is 0.154. The summed E-state index contributed by atoms with van der Waals surface area (Å²) < 4.78 is 0. The molecule has 0 atom stereocenters. The van der Waals surface area contributed by atoms with E-state index in [1.54, 1.807) is 6.07 Å². The Morgan fingerprint density at radius 3 is 2.12 bits per heavy atom.